The molecule has 0 amide bonds. The molecular formula is C12H21NO2. The lowest BCUT2D eigenvalue weighted by Gasteiger charge is -2.13. The highest BCUT2D eigenvalue weighted by atomic mass is 16.4. The standard InChI is InChI=1S/C12H21NO2/c14-11(15)12(6-7-12)9-13-8-5-10-3-1-2-4-10/h10,13H,1-9H2,(H,14,15). The van der Waals surface area contributed by atoms with E-state index >= 15 is 0 Å². The molecule has 0 radical (unpaired) electrons. The number of carboxylic acid groups (broad SMARTS) is 1. The lowest BCUT2D eigenvalue weighted by Crippen LogP contribution is -2.31. The molecule has 2 aliphatic carbocycles. The van der Waals surface area contributed by atoms with Gasteiger partial charge in [0.15, 0.2) is 0 Å². The fourth-order valence-corrected chi connectivity index (χ4v) is 2.55. The Morgan fingerprint density at radius 3 is 2.53 bits per heavy atom. The number of hydrogen-bond acceptors (Lipinski definition) is 2. The first-order valence-corrected chi connectivity index (χ1v) is 6.17. The van der Waals surface area contributed by atoms with Gasteiger partial charge in [-0.15, -0.1) is 0 Å². The second kappa shape index (κ2) is 4.52. The van der Waals surface area contributed by atoms with Crippen molar-refractivity contribution < 1.29 is 9.90 Å². The van der Waals surface area contributed by atoms with E-state index in [1.54, 1.807) is 0 Å². The lowest BCUT2D eigenvalue weighted by molar-refractivity contribution is -0.143. The highest BCUT2D eigenvalue weighted by molar-refractivity contribution is 5.78. The Bertz CT molecular complexity index is 230. The minimum absolute atomic E-state index is 0.393. The molecule has 0 bridgehead atoms. The van der Waals surface area contributed by atoms with Gasteiger partial charge in [0.25, 0.3) is 0 Å². The van der Waals surface area contributed by atoms with E-state index in [9.17, 15) is 4.79 Å². The maximum Gasteiger partial charge on any atom is 0.310 e. The third-order valence-electron chi connectivity index (χ3n) is 3.97. The first-order chi connectivity index (χ1) is 7.23. The average Bonchev–Trinajstić information content (AvgIpc) is 2.83. The Labute approximate surface area is 91.2 Å². The summed E-state index contributed by atoms with van der Waals surface area (Å²) in [5.74, 6) is 0.286. The van der Waals surface area contributed by atoms with E-state index in [-0.39, 0.29) is 0 Å². The minimum Gasteiger partial charge on any atom is -0.481 e. The van der Waals surface area contributed by atoms with E-state index in [0.29, 0.717) is 6.54 Å². The molecule has 0 unspecified atom stereocenters. The van der Waals surface area contributed by atoms with Crippen molar-refractivity contribution in [3.05, 3.63) is 0 Å². The average molecular weight is 211 g/mol. The molecule has 2 saturated carbocycles. The molecule has 86 valence electrons. The maximum atomic E-state index is 10.9. The summed E-state index contributed by atoms with van der Waals surface area (Å²) in [5, 5.41) is 12.3. The maximum absolute atomic E-state index is 10.9. The Morgan fingerprint density at radius 1 is 1.33 bits per heavy atom. The summed E-state index contributed by atoms with van der Waals surface area (Å²) in [4.78, 5) is 10.9. The van der Waals surface area contributed by atoms with E-state index in [0.717, 1.165) is 25.3 Å². The van der Waals surface area contributed by atoms with Crippen LogP contribution in [-0.4, -0.2) is 24.2 Å². The van der Waals surface area contributed by atoms with E-state index in [4.69, 9.17) is 5.11 Å². The van der Waals surface area contributed by atoms with Crippen molar-refractivity contribution in [2.24, 2.45) is 11.3 Å². The van der Waals surface area contributed by atoms with Crippen LogP contribution < -0.4 is 5.32 Å². The molecule has 2 rings (SSSR count). The first kappa shape index (κ1) is 10.9. The predicted octanol–water partition coefficient (Wildman–Crippen LogP) is 2.02. The zero-order valence-electron chi connectivity index (χ0n) is 9.30. The van der Waals surface area contributed by atoms with Crippen LogP contribution >= 0.6 is 0 Å². The van der Waals surface area contributed by atoms with Gasteiger partial charge in [-0.2, -0.15) is 0 Å². The van der Waals surface area contributed by atoms with Crippen LogP contribution in [0.2, 0.25) is 0 Å². The molecule has 0 spiro atoms. The lowest BCUT2D eigenvalue weighted by atomic mass is 10.0. The van der Waals surface area contributed by atoms with Gasteiger partial charge >= 0.3 is 5.97 Å². The highest BCUT2D eigenvalue weighted by Crippen LogP contribution is 2.45. The van der Waals surface area contributed by atoms with Crippen molar-refractivity contribution in [1.29, 1.82) is 0 Å². The quantitative estimate of drug-likeness (QED) is 0.661. The first-order valence-electron chi connectivity index (χ1n) is 6.17. The van der Waals surface area contributed by atoms with Crippen LogP contribution in [-0.2, 0) is 4.79 Å². The van der Waals surface area contributed by atoms with Crippen molar-refractivity contribution in [3.63, 3.8) is 0 Å². The molecule has 0 heterocycles. The number of carbonyl (C=O) groups is 1. The van der Waals surface area contributed by atoms with Crippen molar-refractivity contribution in [2.45, 2.75) is 44.9 Å². The number of nitrogens with one attached hydrogen (secondary N) is 1. The fourth-order valence-electron chi connectivity index (χ4n) is 2.55. The highest BCUT2D eigenvalue weighted by Gasteiger charge is 2.49. The van der Waals surface area contributed by atoms with Crippen molar-refractivity contribution >= 4 is 5.97 Å². The molecule has 2 aliphatic rings. The SMILES string of the molecule is O=C(O)C1(CNCCC2CCCC2)CC1. The molecule has 0 saturated heterocycles. The van der Waals surface area contributed by atoms with Gasteiger partial charge in [0.2, 0.25) is 0 Å². The zero-order valence-corrected chi connectivity index (χ0v) is 9.30. The number of carboxylic acids is 1. The molecule has 2 N–H and O–H groups in total. The van der Waals surface area contributed by atoms with Gasteiger partial charge in [0.1, 0.15) is 0 Å². The van der Waals surface area contributed by atoms with Gasteiger partial charge in [0.05, 0.1) is 5.41 Å². The molecule has 3 nitrogen and oxygen atoms in total. The Hall–Kier alpha value is -0.570. The van der Waals surface area contributed by atoms with Gasteiger partial charge in [-0.3, -0.25) is 4.79 Å². The molecule has 0 aromatic heterocycles. The fraction of sp³-hybridized carbons (Fsp3) is 0.917. The summed E-state index contributed by atoms with van der Waals surface area (Å²) in [5.41, 5.74) is -0.393. The van der Waals surface area contributed by atoms with Crippen LogP contribution in [0.15, 0.2) is 0 Å². The van der Waals surface area contributed by atoms with Crippen LogP contribution in [0.25, 0.3) is 0 Å². The van der Waals surface area contributed by atoms with E-state index in [1.807, 2.05) is 0 Å². The molecular weight excluding hydrogens is 190 g/mol. The number of hydrogen-bond donors (Lipinski definition) is 2. The Morgan fingerprint density at radius 2 is 2.00 bits per heavy atom. The van der Waals surface area contributed by atoms with Crippen LogP contribution in [0.3, 0.4) is 0 Å². The van der Waals surface area contributed by atoms with Gasteiger partial charge in [0, 0.05) is 6.54 Å². The van der Waals surface area contributed by atoms with Gasteiger partial charge < -0.3 is 10.4 Å². The largest absolute Gasteiger partial charge is 0.481 e. The summed E-state index contributed by atoms with van der Waals surface area (Å²) in [6.45, 7) is 1.68. The second-order valence-electron chi connectivity index (χ2n) is 5.20. The van der Waals surface area contributed by atoms with E-state index in [2.05, 4.69) is 5.32 Å². The smallest absolute Gasteiger partial charge is 0.310 e. The molecule has 3 heteroatoms. The third kappa shape index (κ3) is 2.71. The molecule has 15 heavy (non-hydrogen) atoms. The summed E-state index contributed by atoms with van der Waals surface area (Å²) in [7, 11) is 0. The second-order valence-corrected chi connectivity index (χ2v) is 5.20. The van der Waals surface area contributed by atoms with E-state index in [1.165, 1.54) is 32.1 Å². The Kier molecular flexibility index (Phi) is 3.29. The molecule has 0 aliphatic heterocycles. The van der Waals surface area contributed by atoms with Crippen LogP contribution in [0.4, 0.5) is 0 Å². The minimum atomic E-state index is -0.615. The number of rotatable bonds is 6. The van der Waals surface area contributed by atoms with Crippen LogP contribution in [0.5, 0.6) is 0 Å². The molecule has 2 fully saturated rings. The summed E-state index contributed by atoms with van der Waals surface area (Å²) >= 11 is 0. The van der Waals surface area contributed by atoms with Crippen molar-refractivity contribution in [2.75, 3.05) is 13.1 Å². The Balaban J connectivity index is 1.57. The zero-order chi connectivity index (χ0) is 10.7. The molecule has 0 atom stereocenters. The molecule has 0 aromatic carbocycles. The summed E-state index contributed by atoms with van der Waals surface area (Å²) < 4.78 is 0. The third-order valence-corrected chi connectivity index (χ3v) is 3.97. The molecule has 0 aromatic rings. The van der Waals surface area contributed by atoms with Crippen LogP contribution in [0.1, 0.15) is 44.9 Å². The van der Waals surface area contributed by atoms with Crippen molar-refractivity contribution in [1.82, 2.24) is 5.32 Å². The normalized spacial score (nSPS) is 24.3. The topological polar surface area (TPSA) is 49.3 Å². The van der Waals surface area contributed by atoms with Crippen LogP contribution in [0, 0.1) is 11.3 Å². The predicted molar refractivity (Wildman–Crippen MR) is 58.7 cm³/mol. The van der Waals surface area contributed by atoms with Gasteiger partial charge in [-0.1, -0.05) is 25.7 Å². The monoisotopic (exact) mass is 211 g/mol. The van der Waals surface area contributed by atoms with Crippen molar-refractivity contribution in [3.8, 4) is 0 Å². The summed E-state index contributed by atoms with van der Waals surface area (Å²) in [6, 6.07) is 0. The van der Waals surface area contributed by atoms with Gasteiger partial charge in [-0.25, -0.2) is 0 Å². The van der Waals surface area contributed by atoms with Gasteiger partial charge in [-0.05, 0) is 31.7 Å². The summed E-state index contributed by atoms with van der Waals surface area (Å²) in [6.07, 6.45) is 8.50. The van der Waals surface area contributed by atoms with E-state index < -0.39 is 11.4 Å². The number of aliphatic carboxylic acids is 1.